The number of halogens is 3. The second kappa shape index (κ2) is 7.79. The zero-order chi connectivity index (χ0) is 21.5. The van der Waals surface area contributed by atoms with Gasteiger partial charge in [0, 0.05) is 25.2 Å². The molecule has 160 valence electrons. The van der Waals surface area contributed by atoms with Gasteiger partial charge in [-0.15, -0.1) is 0 Å². The van der Waals surface area contributed by atoms with Crippen molar-refractivity contribution in [2.24, 2.45) is 7.05 Å². The van der Waals surface area contributed by atoms with E-state index >= 15 is 0 Å². The van der Waals surface area contributed by atoms with Crippen LogP contribution in [0.5, 0.6) is 5.75 Å². The SMILES string of the molecule is COc1cc(C(F)(F)F)ccc1-c1ccc2c(n1)nc(NC1CCCN(C)C1)n2C. The maximum Gasteiger partial charge on any atom is 0.416 e. The van der Waals surface area contributed by atoms with Gasteiger partial charge in [-0.2, -0.15) is 18.2 Å². The normalized spacial score (nSPS) is 18.0. The van der Waals surface area contributed by atoms with E-state index in [2.05, 4.69) is 27.2 Å². The van der Waals surface area contributed by atoms with Gasteiger partial charge in [-0.3, -0.25) is 0 Å². The number of alkyl halides is 3. The third-order valence-electron chi connectivity index (χ3n) is 5.51. The molecule has 0 aliphatic carbocycles. The van der Waals surface area contributed by atoms with Gasteiger partial charge in [0.25, 0.3) is 0 Å². The van der Waals surface area contributed by atoms with Gasteiger partial charge in [-0.1, -0.05) is 0 Å². The zero-order valence-electron chi connectivity index (χ0n) is 17.1. The lowest BCUT2D eigenvalue weighted by Gasteiger charge is -2.30. The van der Waals surface area contributed by atoms with Crippen molar-refractivity contribution < 1.29 is 17.9 Å². The maximum absolute atomic E-state index is 13.0. The molecule has 0 amide bonds. The molecule has 30 heavy (non-hydrogen) atoms. The molecule has 0 spiro atoms. The minimum Gasteiger partial charge on any atom is -0.496 e. The molecule has 1 fully saturated rings. The number of hydrogen-bond donors (Lipinski definition) is 1. The van der Waals surface area contributed by atoms with E-state index in [1.807, 2.05) is 17.7 Å². The largest absolute Gasteiger partial charge is 0.496 e. The first-order valence-electron chi connectivity index (χ1n) is 9.80. The Morgan fingerprint density at radius 2 is 1.93 bits per heavy atom. The van der Waals surface area contributed by atoms with Crippen molar-refractivity contribution in [1.82, 2.24) is 19.4 Å². The van der Waals surface area contributed by atoms with Crippen LogP contribution in [0.3, 0.4) is 0 Å². The van der Waals surface area contributed by atoms with Crippen molar-refractivity contribution in [3.63, 3.8) is 0 Å². The average Bonchev–Trinajstić information content (AvgIpc) is 3.01. The second-order valence-corrected chi connectivity index (χ2v) is 7.69. The van der Waals surface area contributed by atoms with Crippen LogP contribution in [0, 0.1) is 0 Å². The highest BCUT2D eigenvalue weighted by Crippen LogP contribution is 2.37. The van der Waals surface area contributed by atoms with Gasteiger partial charge in [-0.05, 0) is 56.8 Å². The van der Waals surface area contributed by atoms with E-state index in [0.717, 1.165) is 49.5 Å². The van der Waals surface area contributed by atoms with Crippen LogP contribution < -0.4 is 10.1 Å². The van der Waals surface area contributed by atoms with Crippen LogP contribution in [0.1, 0.15) is 18.4 Å². The fourth-order valence-electron chi connectivity index (χ4n) is 3.90. The summed E-state index contributed by atoms with van der Waals surface area (Å²) < 4.78 is 46.2. The molecule has 0 saturated carbocycles. The number of fused-ring (bicyclic) bond motifs is 1. The molecule has 0 radical (unpaired) electrons. The lowest BCUT2D eigenvalue weighted by Crippen LogP contribution is -2.40. The molecule has 1 unspecified atom stereocenters. The number of aromatic nitrogens is 3. The Morgan fingerprint density at radius 1 is 1.13 bits per heavy atom. The summed E-state index contributed by atoms with van der Waals surface area (Å²) in [5.41, 5.74) is 1.61. The highest BCUT2D eigenvalue weighted by atomic mass is 19.4. The van der Waals surface area contributed by atoms with Crippen LogP contribution in [0.4, 0.5) is 19.1 Å². The first kappa shape index (κ1) is 20.5. The van der Waals surface area contributed by atoms with Crippen LogP contribution in [0.25, 0.3) is 22.4 Å². The lowest BCUT2D eigenvalue weighted by atomic mass is 10.1. The molecule has 2 aromatic heterocycles. The summed E-state index contributed by atoms with van der Waals surface area (Å²) >= 11 is 0. The first-order chi connectivity index (χ1) is 14.3. The fourth-order valence-corrected chi connectivity index (χ4v) is 3.90. The van der Waals surface area contributed by atoms with Gasteiger partial charge < -0.3 is 19.5 Å². The molecule has 3 heterocycles. The van der Waals surface area contributed by atoms with Crippen molar-refractivity contribution in [2.75, 3.05) is 32.6 Å². The number of methoxy groups -OCH3 is 1. The number of anilines is 1. The number of piperidine rings is 1. The highest BCUT2D eigenvalue weighted by molar-refractivity contribution is 5.80. The van der Waals surface area contributed by atoms with Gasteiger partial charge >= 0.3 is 6.18 Å². The van der Waals surface area contributed by atoms with E-state index in [-0.39, 0.29) is 5.75 Å². The van der Waals surface area contributed by atoms with Crippen LogP contribution in [-0.2, 0) is 13.2 Å². The molecule has 1 atom stereocenters. The van der Waals surface area contributed by atoms with E-state index in [9.17, 15) is 13.2 Å². The third-order valence-corrected chi connectivity index (χ3v) is 5.51. The highest BCUT2D eigenvalue weighted by Gasteiger charge is 2.31. The Labute approximate surface area is 172 Å². The maximum atomic E-state index is 13.0. The van der Waals surface area contributed by atoms with Crippen molar-refractivity contribution in [2.45, 2.75) is 25.1 Å². The zero-order valence-corrected chi connectivity index (χ0v) is 17.1. The number of benzene rings is 1. The number of likely N-dealkylation sites (N-methyl/N-ethyl adjacent to an activating group) is 1. The van der Waals surface area contributed by atoms with E-state index < -0.39 is 11.7 Å². The summed E-state index contributed by atoms with van der Waals surface area (Å²) in [6.45, 7) is 2.05. The quantitative estimate of drug-likeness (QED) is 0.688. The molecule has 3 aromatic rings. The predicted octanol–water partition coefficient (Wildman–Crippen LogP) is 4.17. The average molecular weight is 419 g/mol. The smallest absolute Gasteiger partial charge is 0.416 e. The molecule has 1 aliphatic rings. The summed E-state index contributed by atoms with van der Waals surface area (Å²) in [6.07, 6.45) is -2.22. The van der Waals surface area contributed by atoms with Crippen molar-refractivity contribution in [1.29, 1.82) is 0 Å². The van der Waals surface area contributed by atoms with Gasteiger partial charge in [0.15, 0.2) is 5.65 Å². The number of likely N-dealkylation sites (tertiary alicyclic amines) is 1. The summed E-state index contributed by atoms with van der Waals surface area (Å²) in [7, 11) is 5.37. The van der Waals surface area contributed by atoms with E-state index in [1.54, 1.807) is 6.07 Å². The van der Waals surface area contributed by atoms with Crippen LogP contribution in [0.2, 0.25) is 0 Å². The number of aryl methyl sites for hydroxylation is 1. The van der Waals surface area contributed by atoms with E-state index in [1.165, 1.54) is 13.2 Å². The summed E-state index contributed by atoms with van der Waals surface area (Å²) in [5.74, 6) is 0.852. The summed E-state index contributed by atoms with van der Waals surface area (Å²) in [4.78, 5) is 11.5. The number of hydrogen-bond acceptors (Lipinski definition) is 5. The molecule has 0 bridgehead atoms. The Kier molecular flexibility index (Phi) is 5.31. The predicted molar refractivity (Wildman–Crippen MR) is 110 cm³/mol. The van der Waals surface area contributed by atoms with Crippen LogP contribution in [-0.4, -0.2) is 52.7 Å². The molecule has 6 nitrogen and oxygen atoms in total. The molecular formula is C21H24F3N5O. The lowest BCUT2D eigenvalue weighted by molar-refractivity contribution is -0.137. The number of nitrogens with zero attached hydrogens (tertiary/aromatic N) is 4. The van der Waals surface area contributed by atoms with Gasteiger partial charge in [0.1, 0.15) is 5.75 Å². The number of imidazole rings is 1. The number of rotatable bonds is 4. The molecule has 1 saturated heterocycles. The molecule has 9 heteroatoms. The standard InChI is InChI=1S/C21H24F3N5O/c1-28-10-4-5-14(12-28)25-20-27-19-17(29(20)2)9-8-16(26-19)15-7-6-13(21(22,23)24)11-18(15)30-3/h6-9,11,14H,4-5,10,12H2,1-3H3,(H,25,26,27). The third kappa shape index (κ3) is 3.94. The second-order valence-electron chi connectivity index (χ2n) is 7.69. The van der Waals surface area contributed by atoms with E-state index in [4.69, 9.17) is 4.74 Å². The molecular weight excluding hydrogens is 395 g/mol. The summed E-state index contributed by atoms with van der Waals surface area (Å²) in [5, 5.41) is 3.50. The molecule has 1 N–H and O–H groups in total. The number of ether oxygens (including phenoxy) is 1. The number of nitrogens with one attached hydrogen (secondary N) is 1. The minimum absolute atomic E-state index is 0.121. The van der Waals surface area contributed by atoms with Gasteiger partial charge in [0.05, 0.1) is 23.9 Å². The fraction of sp³-hybridized carbons (Fsp3) is 0.429. The Bertz CT molecular complexity index is 1060. The van der Waals surface area contributed by atoms with Crippen molar-refractivity contribution >= 4 is 17.1 Å². The van der Waals surface area contributed by atoms with Crippen molar-refractivity contribution in [3.05, 3.63) is 35.9 Å². The Balaban J connectivity index is 1.67. The first-order valence-corrected chi connectivity index (χ1v) is 9.80. The van der Waals surface area contributed by atoms with E-state index in [0.29, 0.717) is 22.9 Å². The molecule has 4 rings (SSSR count). The van der Waals surface area contributed by atoms with Crippen LogP contribution in [0.15, 0.2) is 30.3 Å². The topological polar surface area (TPSA) is 55.2 Å². The number of pyridine rings is 1. The molecule has 1 aromatic carbocycles. The monoisotopic (exact) mass is 419 g/mol. The van der Waals surface area contributed by atoms with Crippen LogP contribution >= 0.6 is 0 Å². The summed E-state index contributed by atoms with van der Waals surface area (Å²) in [6, 6.07) is 7.37. The molecule has 1 aliphatic heterocycles. The Hall–Kier alpha value is -2.81. The minimum atomic E-state index is -4.43. The van der Waals surface area contributed by atoms with Crippen molar-refractivity contribution in [3.8, 4) is 17.0 Å². The Morgan fingerprint density at radius 3 is 2.63 bits per heavy atom. The van der Waals surface area contributed by atoms with Gasteiger partial charge in [0.2, 0.25) is 5.95 Å². The van der Waals surface area contributed by atoms with Gasteiger partial charge in [-0.25, -0.2) is 4.98 Å².